The third-order valence-corrected chi connectivity index (χ3v) is 6.35. The van der Waals surface area contributed by atoms with E-state index >= 15 is 4.39 Å². The van der Waals surface area contributed by atoms with Crippen molar-refractivity contribution in [2.45, 2.75) is 57.8 Å². The summed E-state index contributed by atoms with van der Waals surface area (Å²) in [6.07, 6.45) is 6.51. The highest BCUT2D eigenvalue weighted by atomic mass is 19.2. The molecule has 0 aromatic heterocycles. The molecule has 0 aliphatic heterocycles. The second kappa shape index (κ2) is 9.25. The van der Waals surface area contributed by atoms with Gasteiger partial charge in [0.15, 0.2) is 11.6 Å². The third-order valence-electron chi connectivity index (χ3n) is 6.35. The summed E-state index contributed by atoms with van der Waals surface area (Å²) in [5.74, 6) is -3.35. The molecular formula is C27H26F4. The number of fused-ring (bicyclic) bond motifs is 1. The van der Waals surface area contributed by atoms with E-state index in [1.807, 2.05) is 0 Å². The van der Waals surface area contributed by atoms with Crippen molar-refractivity contribution in [1.82, 2.24) is 0 Å². The fraction of sp³-hybridized carbons (Fsp3) is 0.333. The molecule has 1 unspecified atom stereocenters. The first-order chi connectivity index (χ1) is 15.0. The van der Waals surface area contributed by atoms with Gasteiger partial charge in [-0.3, -0.25) is 0 Å². The van der Waals surface area contributed by atoms with Crippen molar-refractivity contribution in [1.29, 1.82) is 0 Å². The second-order valence-corrected chi connectivity index (χ2v) is 8.45. The summed E-state index contributed by atoms with van der Waals surface area (Å²) >= 11 is 0. The molecule has 0 nitrogen and oxygen atoms in total. The van der Waals surface area contributed by atoms with Gasteiger partial charge in [0.05, 0.1) is 5.56 Å². The molecule has 0 bridgehead atoms. The molecule has 0 amide bonds. The van der Waals surface area contributed by atoms with E-state index in [0.717, 1.165) is 25.0 Å². The lowest BCUT2D eigenvalue weighted by atomic mass is 9.78. The number of halogens is 4. The summed E-state index contributed by atoms with van der Waals surface area (Å²) in [4.78, 5) is 0. The Morgan fingerprint density at radius 2 is 1.61 bits per heavy atom. The smallest absolute Gasteiger partial charge is 0.159 e. The maximum atomic E-state index is 15.2. The Kier molecular flexibility index (Phi) is 6.45. The van der Waals surface area contributed by atoms with E-state index in [9.17, 15) is 13.2 Å². The number of aryl methyl sites for hydroxylation is 1. The molecule has 4 rings (SSSR count). The number of hydrogen-bond donors (Lipinski definition) is 0. The van der Waals surface area contributed by atoms with Crippen LogP contribution in [-0.4, -0.2) is 0 Å². The zero-order valence-corrected chi connectivity index (χ0v) is 17.7. The predicted octanol–water partition coefficient (Wildman–Crippen LogP) is 7.92. The maximum absolute atomic E-state index is 15.2. The highest BCUT2D eigenvalue weighted by molar-refractivity contribution is 5.67. The second-order valence-electron chi connectivity index (χ2n) is 8.45. The molecule has 3 aromatic carbocycles. The van der Waals surface area contributed by atoms with Gasteiger partial charge in [0.2, 0.25) is 0 Å². The molecule has 0 N–H and O–H groups in total. The van der Waals surface area contributed by atoms with Crippen molar-refractivity contribution >= 4 is 0 Å². The van der Waals surface area contributed by atoms with E-state index in [0.29, 0.717) is 24.0 Å². The highest BCUT2D eigenvalue weighted by Gasteiger charge is 2.27. The minimum absolute atomic E-state index is 0.0116. The number of rotatable bonds is 6. The van der Waals surface area contributed by atoms with Crippen LogP contribution in [0.25, 0.3) is 11.1 Å². The van der Waals surface area contributed by atoms with Crippen LogP contribution in [0.1, 0.15) is 60.8 Å². The predicted molar refractivity (Wildman–Crippen MR) is 116 cm³/mol. The quantitative estimate of drug-likeness (QED) is 0.277. The summed E-state index contributed by atoms with van der Waals surface area (Å²) in [7, 11) is 0. The lowest BCUT2D eigenvalue weighted by Crippen LogP contribution is -2.16. The molecule has 0 saturated heterocycles. The van der Waals surface area contributed by atoms with Gasteiger partial charge in [0, 0.05) is 0 Å². The van der Waals surface area contributed by atoms with Gasteiger partial charge in [-0.2, -0.15) is 0 Å². The fourth-order valence-corrected chi connectivity index (χ4v) is 4.58. The van der Waals surface area contributed by atoms with E-state index in [4.69, 9.17) is 0 Å². The van der Waals surface area contributed by atoms with E-state index in [-0.39, 0.29) is 17.0 Å². The Morgan fingerprint density at radius 1 is 0.839 bits per heavy atom. The molecular weight excluding hydrogens is 400 g/mol. The molecule has 0 radical (unpaired) electrons. The average molecular weight is 426 g/mol. The Labute approximate surface area is 180 Å². The molecule has 0 heterocycles. The van der Waals surface area contributed by atoms with Crippen LogP contribution in [0.3, 0.4) is 0 Å². The Balaban J connectivity index is 1.57. The van der Waals surface area contributed by atoms with Crippen molar-refractivity contribution in [3.05, 3.63) is 94.1 Å². The van der Waals surface area contributed by atoms with Crippen molar-refractivity contribution in [3.8, 4) is 11.1 Å². The number of benzene rings is 3. The van der Waals surface area contributed by atoms with Crippen LogP contribution < -0.4 is 0 Å². The number of unbranched alkanes of at least 4 members (excludes halogenated alkanes) is 2. The van der Waals surface area contributed by atoms with Crippen LogP contribution in [0.15, 0.2) is 48.5 Å². The molecule has 31 heavy (non-hydrogen) atoms. The zero-order chi connectivity index (χ0) is 22.0. The summed E-state index contributed by atoms with van der Waals surface area (Å²) < 4.78 is 56.9. The van der Waals surface area contributed by atoms with Gasteiger partial charge in [0.25, 0.3) is 0 Å². The molecule has 0 saturated carbocycles. The van der Waals surface area contributed by atoms with Crippen LogP contribution in [0.2, 0.25) is 0 Å². The zero-order valence-electron chi connectivity index (χ0n) is 17.7. The Hall–Kier alpha value is -2.62. The molecule has 0 fully saturated rings. The molecule has 4 heteroatoms. The maximum Gasteiger partial charge on any atom is 0.159 e. The number of hydrogen-bond acceptors (Lipinski definition) is 0. The summed E-state index contributed by atoms with van der Waals surface area (Å²) in [6.45, 7) is 2.19. The van der Waals surface area contributed by atoms with Gasteiger partial charge in [-0.1, -0.05) is 50.1 Å². The standard InChI is InChI=1S/C27H26F4/c1-2-3-4-5-17-6-8-18(9-7-17)19-10-12-22-21(14-19)16-25(30)26(27(22)31)20-11-13-23(28)24(29)15-20/h6-9,11,13,15-16,19H,2-5,10,12,14H2,1H3. The third kappa shape index (κ3) is 4.53. The lowest BCUT2D eigenvalue weighted by molar-refractivity contribution is 0.508. The normalized spacial score (nSPS) is 15.7. The minimum Gasteiger partial charge on any atom is -0.206 e. The van der Waals surface area contributed by atoms with Crippen molar-refractivity contribution in [3.63, 3.8) is 0 Å². The van der Waals surface area contributed by atoms with Gasteiger partial charge in [-0.25, -0.2) is 17.6 Å². The minimum atomic E-state index is -1.12. The Morgan fingerprint density at radius 3 is 2.32 bits per heavy atom. The van der Waals surface area contributed by atoms with E-state index in [1.54, 1.807) is 0 Å². The van der Waals surface area contributed by atoms with Crippen LogP contribution in [0, 0.1) is 23.3 Å². The molecule has 0 spiro atoms. The first-order valence-electron chi connectivity index (χ1n) is 11.0. The summed E-state index contributed by atoms with van der Waals surface area (Å²) in [5.41, 5.74) is 3.38. The first kappa shape index (κ1) is 21.6. The SMILES string of the molecule is CCCCCc1ccc(C2CCc3c(cc(F)c(-c4ccc(F)c(F)c4)c3F)C2)cc1. The summed E-state index contributed by atoms with van der Waals surface area (Å²) in [6, 6.07) is 12.9. The van der Waals surface area contributed by atoms with Crippen LogP contribution in [0.5, 0.6) is 0 Å². The Bertz CT molecular complexity index is 1070. The van der Waals surface area contributed by atoms with Gasteiger partial charge < -0.3 is 0 Å². The first-order valence-corrected chi connectivity index (χ1v) is 11.0. The monoisotopic (exact) mass is 426 g/mol. The van der Waals surface area contributed by atoms with Gasteiger partial charge in [-0.15, -0.1) is 0 Å². The molecule has 1 aliphatic carbocycles. The lowest BCUT2D eigenvalue weighted by Gasteiger charge is -2.26. The molecule has 162 valence electrons. The van der Waals surface area contributed by atoms with Crippen molar-refractivity contribution < 1.29 is 17.6 Å². The van der Waals surface area contributed by atoms with Crippen LogP contribution in [0.4, 0.5) is 17.6 Å². The topological polar surface area (TPSA) is 0 Å². The van der Waals surface area contributed by atoms with Crippen LogP contribution >= 0.6 is 0 Å². The van der Waals surface area contributed by atoms with E-state index in [1.165, 1.54) is 42.5 Å². The molecule has 1 atom stereocenters. The van der Waals surface area contributed by atoms with E-state index < -0.39 is 23.3 Å². The molecule has 1 aliphatic rings. The largest absolute Gasteiger partial charge is 0.206 e. The average Bonchev–Trinajstić information content (AvgIpc) is 2.76. The van der Waals surface area contributed by atoms with Gasteiger partial charge >= 0.3 is 0 Å². The van der Waals surface area contributed by atoms with Gasteiger partial charge in [-0.05, 0) is 84.0 Å². The highest BCUT2D eigenvalue weighted by Crippen LogP contribution is 2.38. The van der Waals surface area contributed by atoms with Crippen molar-refractivity contribution in [2.75, 3.05) is 0 Å². The fourth-order valence-electron chi connectivity index (χ4n) is 4.58. The van der Waals surface area contributed by atoms with Gasteiger partial charge in [0.1, 0.15) is 11.6 Å². The molecule has 3 aromatic rings. The van der Waals surface area contributed by atoms with E-state index in [2.05, 4.69) is 31.2 Å². The van der Waals surface area contributed by atoms with Crippen molar-refractivity contribution in [2.24, 2.45) is 0 Å². The summed E-state index contributed by atoms with van der Waals surface area (Å²) in [5, 5.41) is 0. The van der Waals surface area contributed by atoms with Crippen LogP contribution in [-0.2, 0) is 19.3 Å².